The Kier molecular flexibility index (Phi) is 3.91. The molecule has 0 aromatic heterocycles. The second kappa shape index (κ2) is 5.86. The summed E-state index contributed by atoms with van der Waals surface area (Å²) in [6.45, 7) is 8.91. The van der Waals surface area contributed by atoms with E-state index >= 15 is 0 Å². The van der Waals surface area contributed by atoms with E-state index < -0.39 is 0 Å². The Morgan fingerprint density at radius 2 is 1.79 bits per heavy atom. The zero-order chi connectivity index (χ0) is 19.9. The summed E-state index contributed by atoms with van der Waals surface area (Å²) in [5.41, 5.74) is 4.42. The fraction of sp³-hybridized carbons (Fsp3) is 0.731. The van der Waals surface area contributed by atoms with Gasteiger partial charge in [0, 0.05) is 11.8 Å². The SMILES string of the molecule is Cc1cc2c(cc1O)CCC1C2CC[C@@]2(C)C1CC[C@@]21CCC(C)(C)C(=O)C1. The number of benzene rings is 1. The normalized spacial score (nSPS) is 41.4. The number of carbonyl (C=O) groups is 1. The molecule has 5 rings (SSSR count). The first kappa shape index (κ1) is 18.7. The fourth-order valence-electron chi connectivity index (χ4n) is 7.98. The summed E-state index contributed by atoms with van der Waals surface area (Å²) >= 11 is 0. The van der Waals surface area contributed by atoms with E-state index in [9.17, 15) is 9.90 Å². The van der Waals surface area contributed by atoms with E-state index in [1.165, 1.54) is 49.7 Å². The maximum Gasteiger partial charge on any atom is 0.139 e. The highest BCUT2D eigenvalue weighted by Crippen LogP contribution is 2.71. The molecule has 3 unspecified atom stereocenters. The van der Waals surface area contributed by atoms with Gasteiger partial charge in [-0.15, -0.1) is 0 Å². The number of rotatable bonds is 0. The Morgan fingerprint density at radius 3 is 2.54 bits per heavy atom. The number of carbonyl (C=O) groups excluding carboxylic acids is 1. The number of aryl methyl sites for hydroxylation is 2. The largest absolute Gasteiger partial charge is 0.508 e. The third-order valence-corrected chi connectivity index (χ3v) is 10.1. The summed E-state index contributed by atoms with van der Waals surface area (Å²) in [6, 6.07) is 4.31. The van der Waals surface area contributed by atoms with Gasteiger partial charge in [-0.3, -0.25) is 4.79 Å². The van der Waals surface area contributed by atoms with E-state index in [0.717, 1.165) is 36.7 Å². The van der Waals surface area contributed by atoms with Crippen molar-refractivity contribution in [2.45, 2.75) is 91.4 Å². The van der Waals surface area contributed by atoms with Gasteiger partial charge >= 0.3 is 0 Å². The molecule has 0 radical (unpaired) electrons. The average Bonchev–Trinajstić information content (AvgIpc) is 2.92. The van der Waals surface area contributed by atoms with Crippen LogP contribution in [0.1, 0.15) is 94.7 Å². The van der Waals surface area contributed by atoms with Crippen LogP contribution in [0.5, 0.6) is 5.75 Å². The molecule has 0 bridgehead atoms. The molecule has 1 aromatic rings. The molecule has 1 N–H and O–H groups in total. The smallest absolute Gasteiger partial charge is 0.139 e. The molecule has 0 amide bonds. The van der Waals surface area contributed by atoms with Crippen molar-refractivity contribution in [2.75, 3.05) is 0 Å². The van der Waals surface area contributed by atoms with Crippen LogP contribution in [-0.4, -0.2) is 10.9 Å². The lowest BCUT2D eigenvalue weighted by Gasteiger charge is -2.57. The Hall–Kier alpha value is -1.31. The number of hydrogen-bond donors (Lipinski definition) is 1. The van der Waals surface area contributed by atoms with Crippen LogP contribution in [0, 0.1) is 35.0 Å². The average molecular weight is 381 g/mol. The number of Topliss-reactive ketones (excluding diaryl/α,β-unsaturated/α-hetero) is 1. The van der Waals surface area contributed by atoms with E-state index in [-0.39, 0.29) is 10.8 Å². The number of fused-ring (bicyclic) bond motifs is 6. The van der Waals surface area contributed by atoms with Gasteiger partial charge in [0.1, 0.15) is 11.5 Å². The topological polar surface area (TPSA) is 37.3 Å². The number of phenols is 1. The zero-order valence-electron chi connectivity index (χ0n) is 18.1. The van der Waals surface area contributed by atoms with Gasteiger partial charge in [-0.1, -0.05) is 26.8 Å². The number of hydrogen-bond acceptors (Lipinski definition) is 2. The van der Waals surface area contributed by atoms with Gasteiger partial charge in [-0.05, 0) is 110 Å². The first-order valence-electron chi connectivity index (χ1n) is 11.5. The Morgan fingerprint density at radius 1 is 1.00 bits per heavy atom. The van der Waals surface area contributed by atoms with Gasteiger partial charge in [0.05, 0.1) is 0 Å². The first-order valence-corrected chi connectivity index (χ1v) is 11.5. The van der Waals surface area contributed by atoms with Crippen molar-refractivity contribution < 1.29 is 9.90 Å². The van der Waals surface area contributed by atoms with Crippen LogP contribution < -0.4 is 0 Å². The molecule has 0 heterocycles. The molecule has 4 aliphatic carbocycles. The van der Waals surface area contributed by atoms with Gasteiger partial charge in [0.15, 0.2) is 0 Å². The van der Waals surface area contributed by atoms with Crippen LogP contribution in [0.2, 0.25) is 0 Å². The highest BCUT2D eigenvalue weighted by molar-refractivity contribution is 5.85. The van der Waals surface area contributed by atoms with E-state index in [1.54, 1.807) is 0 Å². The van der Waals surface area contributed by atoms with Crippen LogP contribution in [0.3, 0.4) is 0 Å². The van der Waals surface area contributed by atoms with Gasteiger partial charge < -0.3 is 5.11 Å². The molecule has 2 heteroatoms. The van der Waals surface area contributed by atoms with E-state index in [2.05, 4.69) is 26.8 Å². The molecule has 1 spiro atoms. The second-order valence-corrected chi connectivity index (χ2v) is 11.5. The lowest BCUT2D eigenvalue weighted by atomic mass is 9.47. The van der Waals surface area contributed by atoms with Gasteiger partial charge in [0.25, 0.3) is 0 Å². The fourth-order valence-corrected chi connectivity index (χ4v) is 7.98. The molecule has 3 saturated carbocycles. The second-order valence-electron chi connectivity index (χ2n) is 11.5. The summed E-state index contributed by atoms with van der Waals surface area (Å²) in [5, 5.41) is 10.2. The minimum absolute atomic E-state index is 0.111. The van der Waals surface area contributed by atoms with Crippen LogP contribution >= 0.6 is 0 Å². The van der Waals surface area contributed by atoms with Gasteiger partial charge in [-0.2, -0.15) is 0 Å². The lowest BCUT2D eigenvalue weighted by molar-refractivity contribution is -0.141. The molecule has 3 fully saturated rings. The summed E-state index contributed by atoms with van der Waals surface area (Å²) in [4.78, 5) is 13.0. The summed E-state index contributed by atoms with van der Waals surface area (Å²) < 4.78 is 0. The van der Waals surface area contributed by atoms with Crippen molar-refractivity contribution in [1.82, 2.24) is 0 Å². The zero-order valence-corrected chi connectivity index (χ0v) is 18.1. The van der Waals surface area contributed by atoms with E-state index in [1.807, 2.05) is 13.0 Å². The number of phenolic OH excluding ortho intramolecular Hbond substituents is 1. The molecular weight excluding hydrogens is 344 g/mol. The monoisotopic (exact) mass is 380 g/mol. The van der Waals surface area contributed by atoms with Gasteiger partial charge in [0.2, 0.25) is 0 Å². The van der Waals surface area contributed by atoms with E-state index in [0.29, 0.717) is 22.9 Å². The molecule has 28 heavy (non-hydrogen) atoms. The molecule has 2 nitrogen and oxygen atoms in total. The van der Waals surface area contributed by atoms with Crippen molar-refractivity contribution >= 4 is 5.78 Å². The molecule has 152 valence electrons. The standard InChI is InChI=1S/C26H36O2/c1-16-13-20-17(14-22(16)27)5-6-19-18(20)7-9-25(4)21(19)8-10-26(25)12-11-24(2,3)23(28)15-26/h13-14,18-19,21,27H,5-12,15H2,1-4H3/t18?,19?,21?,25-,26-/m0/s1. The third-order valence-electron chi connectivity index (χ3n) is 10.1. The highest BCUT2D eigenvalue weighted by Gasteiger charge is 2.63. The minimum atomic E-state index is -0.111. The first-order chi connectivity index (χ1) is 13.2. The molecule has 5 atom stereocenters. The van der Waals surface area contributed by atoms with Crippen molar-refractivity contribution in [3.8, 4) is 5.75 Å². The summed E-state index contributed by atoms with van der Waals surface area (Å²) in [5.74, 6) is 3.16. The Labute approximate surface area is 170 Å². The molecule has 4 aliphatic rings. The van der Waals surface area contributed by atoms with Crippen LogP contribution in [-0.2, 0) is 11.2 Å². The predicted octanol–water partition coefficient (Wildman–Crippen LogP) is 6.32. The predicted molar refractivity (Wildman–Crippen MR) is 113 cm³/mol. The third kappa shape index (κ3) is 2.36. The van der Waals surface area contributed by atoms with Crippen molar-refractivity contribution in [1.29, 1.82) is 0 Å². The van der Waals surface area contributed by atoms with Crippen LogP contribution in [0.15, 0.2) is 12.1 Å². The molecular formula is C26H36O2. The van der Waals surface area contributed by atoms with Gasteiger partial charge in [-0.25, -0.2) is 0 Å². The Balaban J connectivity index is 1.48. The lowest BCUT2D eigenvalue weighted by Crippen LogP contribution is -2.51. The number of ketones is 1. The maximum atomic E-state index is 13.0. The highest BCUT2D eigenvalue weighted by atomic mass is 16.3. The minimum Gasteiger partial charge on any atom is -0.508 e. The van der Waals surface area contributed by atoms with Crippen molar-refractivity contribution in [2.24, 2.45) is 28.1 Å². The number of aromatic hydroxyl groups is 1. The van der Waals surface area contributed by atoms with Crippen LogP contribution in [0.25, 0.3) is 0 Å². The van der Waals surface area contributed by atoms with Crippen molar-refractivity contribution in [3.05, 3.63) is 28.8 Å². The summed E-state index contributed by atoms with van der Waals surface area (Å²) in [6.07, 6.45) is 10.6. The Bertz CT molecular complexity index is 837. The summed E-state index contributed by atoms with van der Waals surface area (Å²) in [7, 11) is 0. The van der Waals surface area contributed by atoms with Crippen LogP contribution in [0.4, 0.5) is 0 Å². The maximum absolute atomic E-state index is 13.0. The van der Waals surface area contributed by atoms with Crippen molar-refractivity contribution in [3.63, 3.8) is 0 Å². The molecule has 0 aliphatic heterocycles. The molecule has 1 aromatic carbocycles. The van der Waals surface area contributed by atoms with E-state index in [4.69, 9.17) is 0 Å². The quantitative estimate of drug-likeness (QED) is 0.571. The molecule has 0 saturated heterocycles.